The molecule has 0 radical (unpaired) electrons. The van der Waals surface area contributed by atoms with Crippen LogP contribution in [0.25, 0.3) is 11.1 Å². The first kappa shape index (κ1) is 15.9. The van der Waals surface area contributed by atoms with E-state index in [1.165, 1.54) is 29.0 Å². The summed E-state index contributed by atoms with van der Waals surface area (Å²) in [7, 11) is 0. The van der Waals surface area contributed by atoms with Crippen molar-refractivity contribution in [3.05, 3.63) is 57.3 Å². The topological polar surface area (TPSA) is 79.5 Å². The molecule has 1 aromatic heterocycles. The number of carboxylic acids is 1. The van der Waals surface area contributed by atoms with Crippen molar-refractivity contribution in [3.8, 4) is 11.1 Å². The molecule has 0 aliphatic heterocycles. The van der Waals surface area contributed by atoms with Gasteiger partial charge in [0.25, 0.3) is 0 Å². The smallest absolute Gasteiger partial charge is 0.341 e. The maximum atomic E-state index is 13.3. The van der Waals surface area contributed by atoms with Gasteiger partial charge in [0.15, 0.2) is 0 Å². The summed E-state index contributed by atoms with van der Waals surface area (Å²) in [6.07, 6.45) is 1.22. The zero-order valence-corrected chi connectivity index (χ0v) is 12.3. The minimum absolute atomic E-state index is 0.0988. The molecule has 2 N–H and O–H groups in total. The minimum atomic E-state index is -1.34. The van der Waals surface area contributed by atoms with Crippen LogP contribution in [0.2, 0.25) is 0 Å². The van der Waals surface area contributed by atoms with Crippen molar-refractivity contribution in [2.24, 2.45) is 0 Å². The normalized spacial score (nSPS) is 10.7. The highest BCUT2D eigenvalue weighted by atomic mass is 19.1. The second kappa shape index (κ2) is 6.11. The third-order valence-electron chi connectivity index (χ3n) is 3.57. The van der Waals surface area contributed by atoms with E-state index in [4.69, 9.17) is 0 Å². The van der Waals surface area contributed by atoms with Crippen LogP contribution < -0.4 is 5.43 Å². The zero-order chi connectivity index (χ0) is 16.4. The molecule has 2 rings (SSSR count). The number of aliphatic hydroxyl groups is 1. The van der Waals surface area contributed by atoms with Gasteiger partial charge in [0.2, 0.25) is 5.43 Å². The van der Waals surface area contributed by atoms with Crippen LogP contribution in [-0.2, 0) is 13.2 Å². The van der Waals surface area contributed by atoms with Gasteiger partial charge in [-0.2, -0.15) is 0 Å². The Bertz CT molecular complexity index is 795. The Morgan fingerprint density at radius 3 is 2.55 bits per heavy atom. The molecule has 0 amide bonds. The number of aryl methyl sites for hydroxylation is 2. The summed E-state index contributed by atoms with van der Waals surface area (Å²) >= 11 is 0. The van der Waals surface area contributed by atoms with Gasteiger partial charge in [-0.05, 0) is 37.1 Å². The van der Waals surface area contributed by atoms with E-state index in [1.807, 2.05) is 0 Å². The van der Waals surface area contributed by atoms with E-state index in [9.17, 15) is 24.2 Å². The first-order valence-electron chi connectivity index (χ1n) is 6.77. The number of pyridine rings is 1. The van der Waals surface area contributed by atoms with Crippen LogP contribution in [0.5, 0.6) is 0 Å². The Balaban J connectivity index is 2.91. The van der Waals surface area contributed by atoms with Crippen molar-refractivity contribution in [1.29, 1.82) is 0 Å². The van der Waals surface area contributed by atoms with Crippen LogP contribution >= 0.6 is 0 Å². The maximum absolute atomic E-state index is 13.3. The fourth-order valence-corrected chi connectivity index (χ4v) is 2.49. The maximum Gasteiger partial charge on any atom is 0.341 e. The highest BCUT2D eigenvalue weighted by Gasteiger charge is 2.21. The molecule has 0 unspecified atom stereocenters. The van der Waals surface area contributed by atoms with E-state index in [1.54, 1.807) is 13.8 Å². The third kappa shape index (κ3) is 2.65. The van der Waals surface area contributed by atoms with E-state index < -0.39 is 23.8 Å². The number of aromatic nitrogens is 1. The lowest BCUT2D eigenvalue weighted by Crippen LogP contribution is -2.23. The van der Waals surface area contributed by atoms with Gasteiger partial charge in [-0.3, -0.25) is 4.79 Å². The highest BCUT2D eigenvalue weighted by molar-refractivity contribution is 5.89. The van der Waals surface area contributed by atoms with E-state index in [0.29, 0.717) is 23.4 Å². The molecule has 0 aliphatic carbocycles. The van der Waals surface area contributed by atoms with Crippen molar-refractivity contribution < 1.29 is 19.4 Å². The van der Waals surface area contributed by atoms with Gasteiger partial charge < -0.3 is 14.8 Å². The van der Waals surface area contributed by atoms with Crippen molar-refractivity contribution >= 4 is 5.97 Å². The second-order valence-electron chi connectivity index (χ2n) is 4.90. The summed E-state index contributed by atoms with van der Waals surface area (Å²) < 4.78 is 14.8. The lowest BCUT2D eigenvalue weighted by atomic mass is 9.96. The van der Waals surface area contributed by atoms with Crippen LogP contribution in [0, 0.1) is 12.7 Å². The number of halogens is 1. The van der Waals surface area contributed by atoms with E-state index in [-0.39, 0.29) is 11.1 Å². The average molecular weight is 305 g/mol. The number of nitrogens with zero attached hydrogens (tertiary/aromatic N) is 1. The van der Waals surface area contributed by atoms with Crippen molar-refractivity contribution in [3.63, 3.8) is 0 Å². The van der Waals surface area contributed by atoms with Gasteiger partial charge in [0.05, 0.1) is 17.9 Å². The van der Waals surface area contributed by atoms with Crippen molar-refractivity contribution in [2.45, 2.75) is 27.0 Å². The summed E-state index contributed by atoms with van der Waals surface area (Å²) in [6.45, 7) is 3.37. The molecular formula is C16H16FNO4. The summed E-state index contributed by atoms with van der Waals surface area (Å²) in [5.41, 5.74) is 0.264. The SMILES string of the molecule is CCn1cc(C(=O)O)c(=O)c(-c2ccc(F)cc2C)c1CO. The van der Waals surface area contributed by atoms with Crippen molar-refractivity contribution in [1.82, 2.24) is 4.57 Å². The predicted molar refractivity (Wildman–Crippen MR) is 79.4 cm³/mol. The molecule has 1 heterocycles. The van der Waals surface area contributed by atoms with Gasteiger partial charge in [0, 0.05) is 12.7 Å². The van der Waals surface area contributed by atoms with Crippen molar-refractivity contribution in [2.75, 3.05) is 0 Å². The molecule has 5 nitrogen and oxygen atoms in total. The number of carboxylic acid groups (broad SMARTS) is 1. The Morgan fingerprint density at radius 2 is 2.05 bits per heavy atom. The molecule has 116 valence electrons. The van der Waals surface area contributed by atoms with Gasteiger partial charge in [-0.1, -0.05) is 6.07 Å². The Hall–Kier alpha value is -2.47. The molecule has 22 heavy (non-hydrogen) atoms. The Labute approximate surface area is 126 Å². The first-order valence-corrected chi connectivity index (χ1v) is 6.77. The van der Waals surface area contributed by atoms with E-state index in [0.717, 1.165) is 0 Å². The molecule has 0 spiro atoms. The molecule has 0 fully saturated rings. The number of benzene rings is 1. The monoisotopic (exact) mass is 305 g/mol. The summed E-state index contributed by atoms with van der Waals surface area (Å²) in [5.74, 6) is -1.78. The molecule has 0 saturated carbocycles. The molecule has 2 aromatic rings. The lowest BCUT2D eigenvalue weighted by Gasteiger charge is -2.17. The lowest BCUT2D eigenvalue weighted by molar-refractivity contribution is 0.0694. The molecule has 6 heteroatoms. The zero-order valence-electron chi connectivity index (χ0n) is 12.3. The summed E-state index contributed by atoms with van der Waals surface area (Å²) in [6, 6.07) is 3.89. The number of hydrogen-bond acceptors (Lipinski definition) is 3. The predicted octanol–water partition coefficient (Wildman–Crippen LogP) is 2.17. The van der Waals surface area contributed by atoms with Crippen LogP contribution in [0.1, 0.15) is 28.5 Å². The molecular weight excluding hydrogens is 289 g/mol. The van der Waals surface area contributed by atoms with E-state index in [2.05, 4.69) is 0 Å². The Morgan fingerprint density at radius 1 is 1.36 bits per heavy atom. The van der Waals surface area contributed by atoms with Gasteiger partial charge in [-0.15, -0.1) is 0 Å². The molecule has 0 bridgehead atoms. The van der Waals surface area contributed by atoms with Crippen LogP contribution in [0.4, 0.5) is 4.39 Å². The fraction of sp³-hybridized carbons (Fsp3) is 0.250. The number of aromatic carboxylic acids is 1. The summed E-state index contributed by atoms with van der Waals surface area (Å²) in [5, 5.41) is 18.8. The number of rotatable bonds is 4. The highest BCUT2D eigenvalue weighted by Crippen LogP contribution is 2.25. The third-order valence-corrected chi connectivity index (χ3v) is 3.57. The minimum Gasteiger partial charge on any atom is -0.477 e. The molecule has 0 aliphatic rings. The fourth-order valence-electron chi connectivity index (χ4n) is 2.49. The average Bonchev–Trinajstić information content (AvgIpc) is 2.47. The van der Waals surface area contributed by atoms with Crippen LogP contribution in [-0.4, -0.2) is 20.7 Å². The Kier molecular flexibility index (Phi) is 4.42. The number of aliphatic hydroxyl groups excluding tert-OH is 1. The van der Waals surface area contributed by atoms with E-state index >= 15 is 0 Å². The number of carbonyl (C=O) groups is 1. The van der Waals surface area contributed by atoms with Crippen LogP contribution in [0.15, 0.2) is 29.2 Å². The number of hydrogen-bond donors (Lipinski definition) is 2. The van der Waals surface area contributed by atoms with Crippen LogP contribution in [0.3, 0.4) is 0 Å². The standard InChI is InChI=1S/C16H16FNO4/c1-3-18-7-12(16(21)22)15(20)14(13(18)8-19)11-5-4-10(17)6-9(11)2/h4-7,19H,3,8H2,1-2H3,(H,21,22). The summed E-state index contributed by atoms with van der Waals surface area (Å²) in [4.78, 5) is 23.8. The van der Waals surface area contributed by atoms with Gasteiger partial charge >= 0.3 is 5.97 Å². The van der Waals surface area contributed by atoms with Gasteiger partial charge in [-0.25, -0.2) is 9.18 Å². The van der Waals surface area contributed by atoms with Gasteiger partial charge in [0.1, 0.15) is 11.4 Å². The quantitative estimate of drug-likeness (QED) is 0.907. The first-order chi connectivity index (χ1) is 10.4. The molecule has 0 saturated heterocycles. The molecule has 0 atom stereocenters. The largest absolute Gasteiger partial charge is 0.477 e. The second-order valence-corrected chi connectivity index (χ2v) is 4.90. The molecule has 1 aromatic carbocycles.